The Hall–Kier alpha value is -2.81. The van der Waals surface area contributed by atoms with Crippen molar-refractivity contribution in [2.45, 2.75) is 6.54 Å². The summed E-state index contributed by atoms with van der Waals surface area (Å²) in [5, 5.41) is 13.0. The summed E-state index contributed by atoms with van der Waals surface area (Å²) in [4.78, 5) is 11.0. The molecule has 0 aliphatic rings. The maximum atomic E-state index is 11.0. The van der Waals surface area contributed by atoms with Crippen LogP contribution in [0, 0.1) is 11.3 Å². The largest absolute Gasteiger partial charge is 0.384 e. The summed E-state index contributed by atoms with van der Waals surface area (Å²) < 4.78 is 1.44. The maximum absolute atomic E-state index is 11.0. The van der Waals surface area contributed by atoms with Gasteiger partial charge in [0.05, 0.1) is 18.2 Å². The zero-order chi connectivity index (χ0) is 13.1. The van der Waals surface area contributed by atoms with Crippen molar-refractivity contribution in [1.82, 2.24) is 9.78 Å². The lowest BCUT2D eigenvalue weighted by Gasteiger charge is -2.05. The molecule has 0 radical (unpaired) electrons. The molecule has 2 rings (SSSR count). The Bertz CT molecular complexity index is 638. The predicted octanol–water partition coefficient (Wildman–Crippen LogP) is 0.484. The normalized spacial score (nSPS) is 9.94. The minimum absolute atomic E-state index is 0.113. The summed E-state index contributed by atoms with van der Waals surface area (Å²) in [6.07, 6.45) is 0. The summed E-state index contributed by atoms with van der Waals surface area (Å²) in [6, 6.07) is 10.6. The van der Waals surface area contributed by atoms with Gasteiger partial charge in [-0.2, -0.15) is 10.4 Å². The van der Waals surface area contributed by atoms with E-state index in [1.165, 1.54) is 10.7 Å². The van der Waals surface area contributed by atoms with Gasteiger partial charge in [0.2, 0.25) is 0 Å². The van der Waals surface area contributed by atoms with E-state index >= 15 is 0 Å². The summed E-state index contributed by atoms with van der Waals surface area (Å²) in [5.41, 5.74) is 12.3. The molecule has 0 saturated heterocycles. The zero-order valence-corrected chi connectivity index (χ0v) is 9.50. The summed E-state index contributed by atoms with van der Waals surface area (Å²) in [6.45, 7) is 0.322. The molecule has 6 nitrogen and oxygen atoms in total. The molecule has 0 aliphatic heterocycles. The van der Waals surface area contributed by atoms with Crippen LogP contribution in [0.3, 0.4) is 0 Å². The molecule has 0 aliphatic carbocycles. The molecule has 6 heteroatoms. The van der Waals surface area contributed by atoms with Crippen LogP contribution in [0.4, 0.5) is 5.82 Å². The Morgan fingerprint density at radius 2 is 2.17 bits per heavy atom. The van der Waals surface area contributed by atoms with Crippen molar-refractivity contribution in [2.75, 3.05) is 5.73 Å². The SMILES string of the molecule is N#Cc1ccccc1Cn1nc(C(N)=O)cc1N. The number of nitrogens with two attached hydrogens (primary N) is 2. The van der Waals surface area contributed by atoms with Crippen LogP contribution in [-0.2, 0) is 6.54 Å². The number of benzene rings is 1. The number of nitrogens with zero attached hydrogens (tertiary/aromatic N) is 3. The lowest BCUT2D eigenvalue weighted by atomic mass is 10.1. The average Bonchev–Trinajstić information content (AvgIpc) is 2.72. The summed E-state index contributed by atoms with van der Waals surface area (Å²) in [5.74, 6) is -0.300. The highest BCUT2D eigenvalue weighted by Gasteiger charge is 2.11. The fourth-order valence-corrected chi connectivity index (χ4v) is 1.61. The second-order valence-electron chi connectivity index (χ2n) is 3.75. The number of aromatic nitrogens is 2. The Balaban J connectivity index is 2.35. The Labute approximate surface area is 103 Å². The van der Waals surface area contributed by atoms with Crippen molar-refractivity contribution in [3.8, 4) is 6.07 Å². The van der Waals surface area contributed by atoms with Crippen LogP contribution in [-0.4, -0.2) is 15.7 Å². The molecule has 2 aromatic rings. The minimum Gasteiger partial charge on any atom is -0.384 e. The fraction of sp³-hybridized carbons (Fsp3) is 0.0833. The molecular formula is C12H11N5O. The number of hydrogen-bond acceptors (Lipinski definition) is 4. The van der Waals surface area contributed by atoms with E-state index in [-0.39, 0.29) is 5.69 Å². The average molecular weight is 241 g/mol. The minimum atomic E-state index is -0.631. The van der Waals surface area contributed by atoms with Crippen molar-refractivity contribution in [3.05, 3.63) is 47.2 Å². The molecule has 1 aromatic heterocycles. The molecule has 0 bridgehead atoms. The number of nitrogen functional groups attached to an aromatic ring is 1. The predicted molar refractivity (Wildman–Crippen MR) is 65.4 cm³/mol. The third-order valence-corrected chi connectivity index (χ3v) is 2.52. The smallest absolute Gasteiger partial charge is 0.269 e. The van der Waals surface area contributed by atoms with Crippen molar-refractivity contribution >= 4 is 11.7 Å². The number of nitriles is 1. The molecule has 1 amide bonds. The van der Waals surface area contributed by atoms with Crippen LogP contribution in [0.15, 0.2) is 30.3 Å². The van der Waals surface area contributed by atoms with Gasteiger partial charge >= 0.3 is 0 Å². The molecule has 0 atom stereocenters. The first-order valence-corrected chi connectivity index (χ1v) is 5.23. The Morgan fingerprint density at radius 3 is 2.78 bits per heavy atom. The number of anilines is 1. The van der Waals surface area contributed by atoms with Crippen LogP contribution in [0.25, 0.3) is 0 Å². The van der Waals surface area contributed by atoms with E-state index in [9.17, 15) is 4.79 Å². The number of amides is 1. The fourth-order valence-electron chi connectivity index (χ4n) is 1.61. The van der Waals surface area contributed by atoms with Crippen molar-refractivity contribution in [1.29, 1.82) is 5.26 Å². The van der Waals surface area contributed by atoms with Gasteiger partial charge in [0.15, 0.2) is 5.69 Å². The van der Waals surface area contributed by atoms with Crippen LogP contribution in [0.2, 0.25) is 0 Å². The Kier molecular flexibility index (Phi) is 2.98. The standard InChI is InChI=1S/C12H11N5O/c13-6-8-3-1-2-4-9(8)7-17-11(14)5-10(16-17)12(15)18/h1-5H,7,14H2,(H2,15,18). The number of rotatable bonds is 3. The Morgan fingerprint density at radius 1 is 1.44 bits per heavy atom. The number of hydrogen-bond donors (Lipinski definition) is 2. The van der Waals surface area contributed by atoms with Crippen LogP contribution in [0.1, 0.15) is 21.6 Å². The lowest BCUT2D eigenvalue weighted by Crippen LogP contribution is -2.13. The third-order valence-electron chi connectivity index (χ3n) is 2.52. The molecule has 1 heterocycles. The van der Waals surface area contributed by atoms with E-state index in [1.54, 1.807) is 12.1 Å². The van der Waals surface area contributed by atoms with Crippen molar-refractivity contribution in [2.24, 2.45) is 5.73 Å². The second kappa shape index (κ2) is 4.59. The van der Waals surface area contributed by atoms with Crippen molar-refractivity contribution < 1.29 is 4.79 Å². The van der Waals surface area contributed by atoms with Gasteiger partial charge in [0.25, 0.3) is 5.91 Å². The molecule has 0 saturated carbocycles. The van der Waals surface area contributed by atoms with Crippen LogP contribution >= 0.6 is 0 Å². The van der Waals surface area contributed by atoms with E-state index in [4.69, 9.17) is 16.7 Å². The molecule has 18 heavy (non-hydrogen) atoms. The second-order valence-corrected chi connectivity index (χ2v) is 3.75. The van der Waals surface area contributed by atoms with Gasteiger partial charge in [-0.3, -0.25) is 4.79 Å². The number of primary amides is 1. The number of carbonyl (C=O) groups excluding carboxylic acids is 1. The monoisotopic (exact) mass is 241 g/mol. The first-order valence-electron chi connectivity index (χ1n) is 5.23. The maximum Gasteiger partial charge on any atom is 0.269 e. The third kappa shape index (κ3) is 2.15. The molecule has 0 fully saturated rings. The van der Waals surface area contributed by atoms with E-state index in [1.807, 2.05) is 12.1 Å². The van der Waals surface area contributed by atoms with Gasteiger partial charge in [-0.05, 0) is 11.6 Å². The topological polar surface area (TPSA) is 111 Å². The zero-order valence-electron chi connectivity index (χ0n) is 9.50. The van der Waals surface area contributed by atoms with Gasteiger partial charge < -0.3 is 11.5 Å². The van der Waals surface area contributed by atoms with E-state index in [0.717, 1.165) is 5.56 Å². The van der Waals surface area contributed by atoms with Crippen LogP contribution in [0.5, 0.6) is 0 Å². The quantitative estimate of drug-likeness (QED) is 0.814. The molecule has 90 valence electrons. The highest BCUT2D eigenvalue weighted by atomic mass is 16.1. The van der Waals surface area contributed by atoms with E-state index in [2.05, 4.69) is 11.2 Å². The molecule has 1 aromatic carbocycles. The molecule has 4 N–H and O–H groups in total. The first kappa shape index (κ1) is 11.7. The van der Waals surface area contributed by atoms with Crippen LogP contribution < -0.4 is 11.5 Å². The lowest BCUT2D eigenvalue weighted by molar-refractivity contribution is 0.0995. The highest BCUT2D eigenvalue weighted by Crippen LogP contribution is 2.13. The molecule has 0 unspecified atom stereocenters. The van der Waals surface area contributed by atoms with Gasteiger partial charge in [-0.25, -0.2) is 4.68 Å². The molecular weight excluding hydrogens is 230 g/mol. The van der Waals surface area contributed by atoms with Gasteiger partial charge in [0, 0.05) is 6.07 Å². The first-order chi connectivity index (χ1) is 8.61. The van der Waals surface area contributed by atoms with Gasteiger partial charge in [-0.15, -0.1) is 0 Å². The van der Waals surface area contributed by atoms with Crippen molar-refractivity contribution in [3.63, 3.8) is 0 Å². The number of carbonyl (C=O) groups is 1. The summed E-state index contributed by atoms with van der Waals surface area (Å²) >= 11 is 0. The highest BCUT2D eigenvalue weighted by molar-refractivity contribution is 5.91. The van der Waals surface area contributed by atoms with Gasteiger partial charge in [-0.1, -0.05) is 18.2 Å². The molecule has 0 spiro atoms. The summed E-state index contributed by atoms with van der Waals surface area (Å²) in [7, 11) is 0. The van der Waals surface area contributed by atoms with E-state index < -0.39 is 5.91 Å². The van der Waals surface area contributed by atoms with E-state index in [0.29, 0.717) is 17.9 Å². The van der Waals surface area contributed by atoms with Gasteiger partial charge in [0.1, 0.15) is 5.82 Å².